The Kier molecular flexibility index (Phi) is 6.64. The van der Waals surface area contributed by atoms with Gasteiger partial charge in [-0.25, -0.2) is 4.98 Å². The Morgan fingerprint density at radius 2 is 1.68 bits per heavy atom. The molecule has 0 fully saturated rings. The molecule has 0 N–H and O–H groups in total. The topological polar surface area (TPSA) is 45.5 Å². The molecule has 0 atom stereocenters. The van der Waals surface area contributed by atoms with Gasteiger partial charge in [0.2, 0.25) is 5.75 Å². The Hall–Kier alpha value is -1.82. The van der Waals surface area contributed by atoms with Gasteiger partial charge in [-0.05, 0) is 18.6 Å². The average Bonchev–Trinajstić information content (AvgIpc) is 2.94. The minimum atomic E-state index is 0.318. The highest BCUT2D eigenvalue weighted by Gasteiger charge is 2.22. The van der Waals surface area contributed by atoms with E-state index in [1.165, 1.54) is 0 Å². The highest BCUT2D eigenvalue weighted by Crippen LogP contribution is 2.43. The van der Waals surface area contributed by atoms with Crippen molar-refractivity contribution in [1.82, 2.24) is 9.55 Å². The molecule has 0 amide bonds. The number of thiol groups is 1. The third-order valence-electron chi connectivity index (χ3n) is 4.17. The summed E-state index contributed by atoms with van der Waals surface area (Å²) < 4.78 is 18.7. The fourth-order valence-electron chi connectivity index (χ4n) is 2.94. The zero-order chi connectivity index (χ0) is 18.6. The summed E-state index contributed by atoms with van der Waals surface area (Å²) in [6.45, 7) is 7.39. The number of unbranched alkanes of at least 4 members (excludes halogenated alkanes) is 1. The molecule has 0 spiro atoms. The van der Waals surface area contributed by atoms with Crippen LogP contribution in [0.15, 0.2) is 17.2 Å². The Morgan fingerprint density at radius 1 is 1.08 bits per heavy atom. The van der Waals surface area contributed by atoms with Gasteiger partial charge in [0.25, 0.3) is 0 Å². The van der Waals surface area contributed by atoms with E-state index in [0.29, 0.717) is 28.2 Å². The standard InChI is InChI=1S/C19H28N2O3S/c1-7-8-9-21-16(19(25)20-18(21)12(2)3)13-10-14(22-4)17(24-6)15(11-13)23-5/h10-12,25H,7-9H2,1-6H3. The van der Waals surface area contributed by atoms with Crippen LogP contribution < -0.4 is 14.2 Å². The number of imidazole rings is 1. The van der Waals surface area contributed by atoms with Crippen molar-refractivity contribution >= 4 is 12.6 Å². The smallest absolute Gasteiger partial charge is 0.203 e. The van der Waals surface area contributed by atoms with Gasteiger partial charge in [0.1, 0.15) is 10.9 Å². The Balaban J connectivity index is 2.68. The number of hydrogen-bond donors (Lipinski definition) is 1. The molecule has 0 aliphatic rings. The lowest BCUT2D eigenvalue weighted by atomic mass is 10.1. The van der Waals surface area contributed by atoms with Crippen LogP contribution in [0.25, 0.3) is 11.3 Å². The minimum Gasteiger partial charge on any atom is -0.493 e. The third-order valence-corrected chi connectivity index (χ3v) is 4.48. The zero-order valence-electron chi connectivity index (χ0n) is 15.9. The highest BCUT2D eigenvalue weighted by molar-refractivity contribution is 7.80. The quantitative estimate of drug-likeness (QED) is 0.684. The number of hydrogen-bond acceptors (Lipinski definition) is 5. The number of ether oxygens (including phenoxy) is 3. The van der Waals surface area contributed by atoms with Crippen LogP contribution in [0, 0.1) is 0 Å². The molecule has 5 nitrogen and oxygen atoms in total. The van der Waals surface area contributed by atoms with E-state index < -0.39 is 0 Å². The van der Waals surface area contributed by atoms with Crippen molar-refractivity contribution in [3.63, 3.8) is 0 Å². The number of benzene rings is 1. The molecule has 0 bridgehead atoms. The Labute approximate surface area is 155 Å². The van der Waals surface area contributed by atoms with Crippen molar-refractivity contribution < 1.29 is 14.2 Å². The number of methoxy groups -OCH3 is 3. The molecule has 6 heteroatoms. The van der Waals surface area contributed by atoms with Gasteiger partial charge in [-0.2, -0.15) is 0 Å². The van der Waals surface area contributed by atoms with E-state index in [1.54, 1.807) is 21.3 Å². The van der Waals surface area contributed by atoms with Gasteiger partial charge in [-0.15, -0.1) is 12.6 Å². The van der Waals surface area contributed by atoms with Crippen LogP contribution in [0.2, 0.25) is 0 Å². The average molecular weight is 365 g/mol. The molecule has 138 valence electrons. The summed E-state index contributed by atoms with van der Waals surface area (Å²) >= 11 is 4.65. The first-order valence-corrected chi connectivity index (χ1v) is 9.02. The molecule has 0 saturated heterocycles. The van der Waals surface area contributed by atoms with Crippen molar-refractivity contribution in [3.05, 3.63) is 18.0 Å². The van der Waals surface area contributed by atoms with Crippen LogP contribution in [0.1, 0.15) is 45.4 Å². The molecule has 1 aromatic carbocycles. The van der Waals surface area contributed by atoms with Gasteiger partial charge >= 0.3 is 0 Å². The molecule has 0 unspecified atom stereocenters. The fraction of sp³-hybridized carbons (Fsp3) is 0.526. The fourth-order valence-corrected chi connectivity index (χ4v) is 3.30. The van der Waals surface area contributed by atoms with Crippen molar-refractivity contribution in [3.8, 4) is 28.5 Å². The second kappa shape index (κ2) is 8.52. The van der Waals surface area contributed by atoms with Gasteiger partial charge in [-0.1, -0.05) is 27.2 Å². The monoisotopic (exact) mass is 364 g/mol. The van der Waals surface area contributed by atoms with Crippen LogP contribution in [0.4, 0.5) is 0 Å². The lowest BCUT2D eigenvalue weighted by molar-refractivity contribution is 0.324. The summed E-state index contributed by atoms with van der Waals surface area (Å²) in [5.41, 5.74) is 1.94. The predicted molar refractivity (Wildman–Crippen MR) is 104 cm³/mol. The second-order valence-corrected chi connectivity index (χ2v) is 6.64. The van der Waals surface area contributed by atoms with Gasteiger partial charge in [-0.3, -0.25) is 0 Å². The van der Waals surface area contributed by atoms with Gasteiger partial charge in [0, 0.05) is 18.0 Å². The first-order chi connectivity index (χ1) is 12.0. The molecule has 0 aliphatic heterocycles. The van der Waals surface area contributed by atoms with Crippen LogP contribution in [-0.4, -0.2) is 30.9 Å². The summed E-state index contributed by atoms with van der Waals surface area (Å²) in [7, 11) is 4.85. The van der Waals surface area contributed by atoms with Gasteiger partial charge < -0.3 is 18.8 Å². The maximum absolute atomic E-state index is 5.50. The van der Waals surface area contributed by atoms with Crippen LogP contribution in [0.3, 0.4) is 0 Å². The molecule has 2 aromatic rings. The maximum atomic E-state index is 5.50. The van der Waals surface area contributed by atoms with Crippen molar-refractivity contribution in [2.75, 3.05) is 21.3 Å². The molecule has 1 heterocycles. The molecule has 25 heavy (non-hydrogen) atoms. The zero-order valence-corrected chi connectivity index (χ0v) is 16.8. The van der Waals surface area contributed by atoms with Crippen LogP contribution in [0.5, 0.6) is 17.2 Å². The first kappa shape index (κ1) is 19.5. The lowest BCUT2D eigenvalue weighted by Gasteiger charge is -2.17. The molecule has 0 radical (unpaired) electrons. The molecular weight excluding hydrogens is 336 g/mol. The van der Waals surface area contributed by atoms with E-state index in [0.717, 1.165) is 36.5 Å². The Morgan fingerprint density at radius 3 is 2.12 bits per heavy atom. The molecule has 1 aromatic heterocycles. The van der Waals surface area contributed by atoms with E-state index in [9.17, 15) is 0 Å². The van der Waals surface area contributed by atoms with E-state index >= 15 is 0 Å². The van der Waals surface area contributed by atoms with Crippen LogP contribution in [-0.2, 0) is 6.54 Å². The van der Waals surface area contributed by atoms with E-state index in [2.05, 4.69) is 38.0 Å². The van der Waals surface area contributed by atoms with E-state index in [1.807, 2.05) is 12.1 Å². The molecular formula is C19H28N2O3S. The predicted octanol–water partition coefficient (Wildman–Crippen LogP) is 4.79. The lowest BCUT2D eigenvalue weighted by Crippen LogP contribution is -2.07. The summed E-state index contributed by atoms with van der Waals surface area (Å²) in [6.07, 6.45) is 2.20. The normalized spacial score (nSPS) is 11.0. The highest BCUT2D eigenvalue weighted by atomic mass is 32.1. The molecule has 0 aliphatic carbocycles. The number of nitrogens with zero attached hydrogens (tertiary/aromatic N) is 2. The number of aromatic nitrogens is 2. The first-order valence-electron chi connectivity index (χ1n) is 8.58. The largest absolute Gasteiger partial charge is 0.493 e. The maximum Gasteiger partial charge on any atom is 0.203 e. The molecule has 0 saturated carbocycles. The third kappa shape index (κ3) is 3.89. The minimum absolute atomic E-state index is 0.318. The number of rotatable bonds is 8. The van der Waals surface area contributed by atoms with Crippen molar-refractivity contribution in [2.24, 2.45) is 0 Å². The van der Waals surface area contributed by atoms with Crippen LogP contribution >= 0.6 is 12.6 Å². The summed E-state index contributed by atoms with van der Waals surface area (Å²) in [4.78, 5) is 4.71. The molecule has 2 rings (SSSR count). The summed E-state index contributed by atoms with van der Waals surface area (Å²) in [5, 5.41) is 0.717. The van der Waals surface area contributed by atoms with E-state index in [4.69, 9.17) is 19.2 Å². The summed E-state index contributed by atoms with van der Waals surface area (Å²) in [5.74, 6) is 3.19. The summed E-state index contributed by atoms with van der Waals surface area (Å²) in [6, 6.07) is 3.90. The van der Waals surface area contributed by atoms with Crippen molar-refractivity contribution in [2.45, 2.75) is 51.1 Å². The van der Waals surface area contributed by atoms with E-state index in [-0.39, 0.29) is 0 Å². The van der Waals surface area contributed by atoms with Gasteiger partial charge in [0.15, 0.2) is 11.5 Å². The Bertz CT molecular complexity index is 701. The second-order valence-electron chi connectivity index (χ2n) is 6.22. The van der Waals surface area contributed by atoms with Gasteiger partial charge in [0.05, 0.1) is 27.0 Å². The SMILES string of the molecule is CCCCn1c(C(C)C)nc(S)c1-c1cc(OC)c(OC)c(OC)c1. The van der Waals surface area contributed by atoms with Crippen molar-refractivity contribution in [1.29, 1.82) is 0 Å².